The van der Waals surface area contributed by atoms with Crippen LogP contribution in [-0.2, 0) is 16.6 Å². The predicted molar refractivity (Wildman–Crippen MR) is 121 cm³/mol. The van der Waals surface area contributed by atoms with Crippen molar-refractivity contribution in [1.82, 2.24) is 9.78 Å². The van der Waals surface area contributed by atoms with Gasteiger partial charge in [0.05, 0.1) is 18.5 Å². The van der Waals surface area contributed by atoms with Gasteiger partial charge in [-0.25, -0.2) is 13.1 Å². The molecule has 0 spiro atoms. The largest absolute Gasteiger partial charge is 0.289 e. The number of hydrogen-bond acceptors (Lipinski definition) is 4. The maximum absolute atomic E-state index is 12.5. The first-order chi connectivity index (χ1) is 14.1. The van der Waals surface area contributed by atoms with Gasteiger partial charge in [-0.15, -0.1) is 0 Å². The van der Waals surface area contributed by atoms with Crippen LogP contribution in [0.4, 0.5) is 5.69 Å². The van der Waals surface area contributed by atoms with E-state index >= 15 is 0 Å². The van der Waals surface area contributed by atoms with E-state index in [0.717, 1.165) is 11.8 Å². The molecule has 0 aliphatic rings. The van der Waals surface area contributed by atoms with Crippen molar-refractivity contribution in [1.29, 1.82) is 0 Å². The Bertz CT molecular complexity index is 1200. The number of halogens is 2. The summed E-state index contributed by atoms with van der Waals surface area (Å²) in [6, 6.07) is 13.6. The number of ketones is 1. The molecule has 1 aromatic heterocycles. The van der Waals surface area contributed by atoms with E-state index in [-0.39, 0.29) is 5.78 Å². The van der Waals surface area contributed by atoms with E-state index in [9.17, 15) is 13.2 Å². The standard InChI is InChI=1S/C21H19Cl2N3O3S/c1-14-19(21(23)26(24-14)13-15-3-7-17(22)8-4-15)11-12-20(27)16-5-9-18(10-6-16)25-30(2,28)29/h3-12,25H,13H2,1-2H3/b12-11+. The van der Waals surface area contributed by atoms with Gasteiger partial charge in [-0.05, 0) is 61.0 Å². The highest BCUT2D eigenvalue weighted by atomic mass is 35.5. The number of sulfonamides is 1. The minimum atomic E-state index is -3.37. The van der Waals surface area contributed by atoms with Gasteiger partial charge in [-0.3, -0.25) is 9.52 Å². The lowest BCUT2D eigenvalue weighted by Crippen LogP contribution is -2.09. The third kappa shape index (κ3) is 5.72. The van der Waals surface area contributed by atoms with Crippen molar-refractivity contribution in [2.75, 3.05) is 11.0 Å². The van der Waals surface area contributed by atoms with Crippen molar-refractivity contribution in [3.05, 3.63) is 87.2 Å². The van der Waals surface area contributed by atoms with Crippen LogP contribution in [0, 0.1) is 6.92 Å². The van der Waals surface area contributed by atoms with Gasteiger partial charge in [-0.1, -0.05) is 35.3 Å². The van der Waals surface area contributed by atoms with Crippen molar-refractivity contribution in [3.8, 4) is 0 Å². The Morgan fingerprint density at radius 2 is 1.73 bits per heavy atom. The Kier molecular flexibility index (Phi) is 6.65. The number of hydrogen-bond donors (Lipinski definition) is 1. The SMILES string of the molecule is Cc1nn(Cc2ccc(Cl)cc2)c(Cl)c1/C=C/C(=O)c1ccc(NS(C)(=O)=O)cc1. The number of aryl methyl sites for hydroxylation is 1. The highest BCUT2D eigenvalue weighted by Crippen LogP contribution is 2.23. The normalized spacial score (nSPS) is 11.7. The molecule has 1 heterocycles. The van der Waals surface area contributed by atoms with Crippen LogP contribution in [-0.4, -0.2) is 30.2 Å². The van der Waals surface area contributed by atoms with Crippen LogP contribution in [0.3, 0.4) is 0 Å². The molecule has 0 fully saturated rings. The Morgan fingerprint density at radius 1 is 1.10 bits per heavy atom. The van der Waals surface area contributed by atoms with Crippen LogP contribution in [0.25, 0.3) is 6.08 Å². The molecule has 2 aromatic carbocycles. The molecule has 0 amide bonds. The fraction of sp³-hybridized carbons (Fsp3) is 0.143. The first-order valence-corrected chi connectivity index (χ1v) is 11.5. The van der Waals surface area contributed by atoms with Crippen molar-refractivity contribution < 1.29 is 13.2 Å². The van der Waals surface area contributed by atoms with Crippen molar-refractivity contribution >= 4 is 50.8 Å². The molecule has 0 radical (unpaired) electrons. The van der Waals surface area contributed by atoms with E-state index in [1.165, 1.54) is 18.2 Å². The molecule has 0 saturated heterocycles. The molecular formula is C21H19Cl2N3O3S. The second kappa shape index (κ2) is 9.04. The van der Waals surface area contributed by atoms with E-state index in [1.807, 2.05) is 19.1 Å². The van der Waals surface area contributed by atoms with Gasteiger partial charge in [0.25, 0.3) is 0 Å². The molecule has 0 bridgehead atoms. The number of aromatic nitrogens is 2. The lowest BCUT2D eigenvalue weighted by molar-refractivity contribution is 0.104. The van der Waals surface area contributed by atoms with Crippen LogP contribution in [0.2, 0.25) is 10.2 Å². The Balaban J connectivity index is 1.74. The molecule has 0 saturated carbocycles. The smallest absolute Gasteiger partial charge is 0.229 e. The summed E-state index contributed by atoms with van der Waals surface area (Å²) < 4.78 is 26.5. The summed E-state index contributed by atoms with van der Waals surface area (Å²) in [5, 5.41) is 5.53. The zero-order valence-electron chi connectivity index (χ0n) is 16.3. The van der Waals surface area contributed by atoms with Gasteiger partial charge in [-0.2, -0.15) is 5.10 Å². The molecule has 3 aromatic rings. The number of rotatable bonds is 7. The van der Waals surface area contributed by atoms with E-state index < -0.39 is 10.0 Å². The third-order valence-electron chi connectivity index (χ3n) is 4.23. The molecule has 156 valence electrons. The molecule has 3 rings (SSSR count). The van der Waals surface area contributed by atoms with Crippen molar-refractivity contribution in [2.24, 2.45) is 0 Å². The monoisotopic (exact) mass is 463 g/mol. The fourth-order valence-corrected chi connectivity index (χ4v) is 3.78. The molecule has 0 aliphatic carbocycles. The first kappa shape index (κ1) is 22.1. The van der Waals surface area contributed by atoms with Crippen LogP contribution in [0.1, 0.15) is 27.2 Å². The predicted octanol–water partition coefficient (Wildman–Crippen LogP) is 4.81. The van der Waals surface area contributed by atoms with Crippen LogP contribution in [0.5, 0.6) is 0 Å². The number of nitrogens with one attached hydrogen (secondary N) is 1. The second-order valence-corrected chi connectivity index (χ2v) is 9.27. The average Bonchev–Trinajstić information content (AvgIpc) is 2.94. The third-order valence-corrected chi connectivity index (χ3v) is 5.49. The van der Waals surface area contributed by atoms with Gasteiger partial charge in [0.2, 0.25) is 10.0 Å². The van der Waals surface area contributed by atoms with Gasteiger partial charge in [0.1, 0.15) is 5.15 Å². The number of benzene rings is 2. The molecular weight excluding hydrogens is 445 g/mol. The number of carbonyl (C=O) groups excluding carboxylic acids is 1. The summed E-state index contributed by atoms with van der Waals surface area (Å²) in [6.45, 7) is 2.30. The van der Waals surface area contributed by atoms with Crippen LogP contribution >= 0.6 is 23.2 Å². The Hall–Kier alpha value is -2.61. The summed E-state index contributed by atoms with van der Waals surface area (Å²) in [5.74, 6) is -0.234. The summed E-state index contributed by atoms with van der Waals surface area (Å²) in [5.41, 5.74) is 3.17. The van der Waals surface area contributed by atoms with Gasteiger partial charge >= 0.3 is 0 Å². The zero-order chi connectivity index (χ0) is 21.9. The second-order valence-electron chi connectivity index (χ2n) is 6.72. The molecule has 6 nitrogen and oxygen atoms in total. The first-order valence-electron chi connectivity index (χ1n) is 8.90. The summed E-state index contributed by atoms with van der Waals surface area (Å²) in [6.07, 6.45) is 4.11. The maximum Gasteiger partial charge on any atom is 0.229 e. The topological polar surface area (TPSA) is 81.1 Å². The highest BCUT2D eigenvalue weighted by molar-refractivity contribution is 7.92. The Labute approximate surface area is 185 Å². The van der Waals surface area contributed by atoms with Gasteiger partial charge in [0, 0.05) is 21.8 Å². The zero-order valence-corrected chi connectivity index (χ0v) is 18.6. The Morgan fingerprint density at radius 3 is 2.33 bits per heavy atom. The van der Waals surface area contributed by atoms with Crippen molar-refractivity contribution in [3.63, 3.8) is 0 Å². The molecule has 1 N–H and O–H groups in total. The highest BCUT2D eigenvalue weighted by Gasteiger charge is 2.12. The number of carbonyl (C=O) groups is 1. The molecule has 0 aliphatic heterocycles. The molecule has 0 unspecified atom stereocenters. The van der Waals surface area contributed by atoms with Crippen LogP contribution in [0.15, 0.2) is 54.6 Å². The fourth-order valence-electron chi connectivity index (χ4n) is 2.80. The summed E-state index contributed by atoms with van der Waals surface area (Å²) >= 11 is 12.4. The minimum Gasteiger partial charge on any atom is -0.289 e. The summed E-state index contributed by atoms with van der Waals surface area (Å²) in [7, 11) is -3.37. The van der Waals surface area contributed by atoms with Crippen LogP contribution < -0.4 is 4.72 Å². The average molecular weight is 464 g/mol. The van der Waals surface area contributed by atoms with Gasteiger partial charge in [0.15, 0.2) is 5.78 Å². The number of nitrogens with zero attached hydrogens (tertiary/aromatic N) is 2. The molecule has 30 heavy (non-hydrogen) atoms. The van der Waals surface area contributed by atoms with Crippen molar-refractivity contribution in [2.45, 2.75) is 13.5 Å². The summed E-state index contributed by atoms with van der Waals surface area (Å²) in [4.78, 5) is 12.5. The lowest BCUT2D eigenvalue weighted by atomic mass is 10.1. The lowest BCUT2D eigenvalue weighted by Gasteiger charge is -2.04. The molecule has 0 atom stereocenters. The van der Waals surface area contributed by atoms with E-state index in [2.05, 4.69) is 9.82 Å². The number of allylic oxidation sites excluding steroid dienone is 1. The van der Waals surface area contributed by atoms with E-state index in [4.69, 9.17) is 23.2 Å². The van der Waals surface area contributed by atoms with E-state index in [1.54, 1.807) is 35.0 Å². The molecule has 9 heteroatoms. The minimum absolute atomic E-state index is 0.234. The van der Waals surface area contributed by atoms with Gasteiger partial charge < -0.3 is 0 Å². The quantitative estimate of drug-likeness (QED) is 0.402. The maximum atomic E-state index is 12.5. The van der Waals surface area contributed by atoms with E-state index in [0.29, 0.717) is 39.2 Å². The number of anilines is 1.